The van der Waals surface area contributed by atoms with Crippen molar-refractivity contribution >= 4 is 16.6 Å². The van der Waals surface area contributed by atoms with Gasteiger partial charge < -0.3 is 5.32 Å². The van der Waals surface area contributed by atoms with Crippen LogP contribution >= 0.6 is 0 Å². The number of aryl methyl sites for hydroxylation is 1. The molecule has 1 aromatic carbocycles. The molecular weight excluding hydrogens is 224 g/mol. The Morgan fingerprint density at radius 2 is 2.22 bits per heavy atom. The first-order valence-electron chi connectivity index (χ1n) is 5.87. The Balaban J connectivity index is 1.78. The molecule has 0 amide bonds. The van der Waals surface area contributed by atoms with E-state index < -0.39 is 0 Å². The third-order valence-electron chi connectivity index (χ3n) is 2.86. The molecule has 3 aromatic rings. The molecule has 0 fully saturated rings. The van der Waals surface area contributed by atoms with Gasteiger partial charge in [0.1, 0.15) is 0 Å². The van der Waals surface area contributed by atoms with Crippen molar-refractivity contribution in [1.82, 2.24) is 14.8 Å². The van der Waals surface area contributed by atoms with Gasteiger partial charge >= 0.3 is 0 Å². The van der Waals surface area contributed by atoms with Gasteiger partial charge in [0, 0.05) is 42.6 Å². The van der Waals surface area contributed by atoms with Crippen LogP contribution in [0.25, 0.3) is 10.9 Å². The molecule has 0 aliphatic heterocycles. The minimum Gasteiger partial charge on any atom is -0.381 e. The van der Waals surface area contributed by atoms with Crippen LogP contribution in [-0.2, 0) is 13.6 Å². The van der Waals surface area contributed by atoms with E-state index in [1.165, 1.54) is 5.56 Å². The van der Waals surface area contributed by atoms with Crippen molar-refractivity contribution in [1.29, 1.82) is 0 Å². The lowest BCUT2D eigenvalue weighted by Crippen LogP contribution is -1.98. The van der Waals surface area contributed by atoms with Crippen LogP contribution in [0.3, 0.4) is 0 Å². The smallest absolute Gasteiger partial charge is 0.0703 e. The SMILES string of the molecule is Cn1cc(CNc2ccc3ncccc3c2)cn1. The summed E-state index contributed by atoms with van der Waals surface area (Å²) in [5.74, 6) is 0. The Kier molecular flexibility index (Phi) is 2.68. The summed E-state index contributed by atoms with van der Waals surface area (Å²) < 4.78 is 1.81. The van der Waals surface area contributed by atoms with E-state index in [1.807, 2.05) is 43.8 Å². The molecule has 4 nitrogen and oxygen atoms in total. The van der Waals surface area contributed by atoms with Crippen LogP contribution in [0.4, 0.5) is 5.69 Å². The molecule has 0 spiro atoms. The van der Waals surface area contributed by atoms with Crippen molar-refractivity contribution < 1.29 is 0 Å². The molecule has 4 heteroatoms. The number of pyridine rings is 1. The summed E-state index contributed by atoms with van der Waals surface area (Å²) in [4.78, 5) is 4.30. The first-order valence-corrected chi connectivity index (χ1v) is 5.87. The van der Waals surface area contributed by atoms with Crippen molar-refractivity contribution in [2.75, 3.05) is 5.32 Å². The molecule has 0 saturated carbocycles. The van der Waals surface area contributed by atoms with Gasteiger partial charge in [-0.1, -0.05) is 6.07 Å². The van der Waals surface area contributed by atoms with Gasteiger partial charge in [-0.3, -0.25) is 9.67 Å². The molecule has 2 heterocycles. The number of benzene rings is 1. The summed E-state index contributed by atoms with van der Waals surface area (Å²) in [6, 6.07) is 10.2. The van der Waals surface area contributed by atoms with Gasteiger partial charge in [0.25, 0.3) is 0 Å². The van der Waals surface area contributed by atoms with E-state index in [9.17, 15) is 0 Å². The molecule has 0 unspecified atom stereocenters. The van der Waals surface area contributed by atoms with Crippen LogP contribution in [0.5, 0.6) is 0 Å². The van der Waals surface area contributed by atoms with Crippen LogP contribution in [-0.4, -0.2) is 14.8 Å². The number of nitrogens with zero attached hydrogens (tertiary/aromatic N) is 3. The van der Waals surface area contributed by atoms with Crippen molar-refractivity contribution in [3.05, 3.63) is 54.5 Å². The zero-order chi connectivity index (χ0) is 12.4. The van der Waals surface area contributed by atoms with E-state index in [4.69, 9.17) is 0 Å². The van der Waals surface area contributed by atoms with Gasteiger partial charge in [-0.25, -0.2) is 0 Å². The summed E-state index contributed by atoms with van der Waals surface area (Å²) in [5.41, 5.74) is 3.28. The third kappa shape index (κ3) is 2.18. The third-order valence-corrected chi connectivity index (χ3v) is 2.86. The van der Waals surface area contributed by atoms with Crippen molar-refractivity contribution in [2.24, 2.45) is 7.05 Å². The fourth-order valence-corrected chi connectivity index (χ4v) is 1.95. The second-order valence-electron chi connectivity index (χ2n) is 4.29. The molecule has 0 saturated heterocycles. The highest BCUT2D eigenvalue weighted by atomic mass is 15.2. The van der Waals surface area contributed by atoms with Crippen LogP contribution in [0.15, 0.2) is 48.9 Å². The minimum absolute atomic E-state index is 0.777. The number of aromatic nitrogens is 3. The van der Waals surface area contributed by atoms with Crippen molar-refractivity contribution in [3.63, 3.8) is 0 Å². The van der Waals surface area contributed by atoms with E-state index in [2.05, 4.69) is 27.5 Å². The number of fused-ring (bicyclic) bond motifs is 1. The van der Waals surface area contributed by atoms with Crippen LogP contribution in [0.2, 0.25) is 0 Å². The standard InChI is InChI=1S/C14H14N4/c1-18-10-11(9-17-18)8-16-13-4-5-14-12(7-13)3-2-6-15-14/h2-7,9-10,16H,8H2,1H3. The van der Waals surface area contributed by atoms with Gasteiger partial charge in [0.2, 0.25) is 0 Å². The predicted octanol–water partition coefficient (Wildman–Crippen LogP) is 2.58. The zero-order valence-corrected chi connectivity index (χ0v) is 10.2. The highest BCUT2D eigenvalue weighted by molar-refractivity contribution is 5.82. The van der Waals surface area contributed by atoms with Gasteiger partial charge in [-0.2, -0.15) is 5.10 Å². The van der Waals surface area contributed by atoms with Crippen molar-refractivity contribution in [2.45, 2.75) is 6.54 Å². The Morgan fingerprint density at radius 3 is 3.06 bits per heavy atom. The molecule has 0 atom stereocenters. The molecule has 0 radical (unpaired) electrons. The number of rotatable bonds is 3. The molecule has 0 aliphatic carbocycles. The highest BCUT2D eigenvalue weighted by Gasteiger charge is 1.98. The molecule has 0 bridgehead atoms. The second kappa shape index (κ2) is 4.49. The Bertz CT molecular complexity index is 672. The quantitative estimate of drug-likeness (QED) is 0.762. The van der Waals surface area contributed by atoms with Gasteiger partial charge in [0.05, 0.1) is 11.7 Å². The maximum Gasteiger partial charge on any atom is 0.0703 e. The second-order valence-corrected chi connectivity index (χ2v) is 4.29. The van der Waals surface area contributed by atoms with E-state index >= 15 is 0 Å². The van der Waals surface area contributed by atoms with Gasteiger partial charge in [-0.15, -0.1) is 0 Å². The fraction of sp³-hybridized carbons (Fsp3) is 0.143. The summed E-state index contributed by atoms with van der Waals surface area (Å²) in [5, 5.41) is 8.68. The first kappa shape index (κ1) is 10.8. The molecular formula is C14H14N4. The van der Waals surface area contributed by atoms with Gasteiger partial charge in [0.15, 0.2) is 0 Å². The first-order chi connectivity index (χ1) is 8.81. The van der Waals surface area contributed by atoms with E-state index in [0.717, 1.165) is 23.1 Å². The normalized spacial score (nSPS) is 10.7. The summed E-state index contributed by atoms with van der Waals surface area (Å²) in [6.45, 7) is 0.777. The maximum absolute atomic E-state index is 4.30. The summed E-state index contributed by atoms with van der Waals surface area (Å²) in [7, 11) is 1.92. The van der Waals surface area contributed by atoms with E-state index in [-0.39, 0.29) is 0 Å². The largest absolute Gasteiger partial charge is 0.381 e. The lowest BCUT2D eigenvalue weighted by Gasteiger charge is -2.05. The molecule has 1 N–H and O–H groups in total. The average Bonchev–Trinajstić information content (AvgIpc) is 2.82. The summed E-state index contributed by atoms with van der Waals surface area (Å²) in [6.07, 6.45) is 5.69. The van der Waals surface area contributed by atoms with Crippen LogP contribution in [0, 0.1) is 0 Å². The number of nitrogens with one attached hydrogen (secondary N) is 1. The lowest BCUT2D eigenvalue weighted by molar-refractivity contribution is 0.767. The van der Waals surface area contributed by atoms with E-state index in [1.54, 1.807) is 4.68 Å². The van der Waals surface area contributed by atoms with Crippen molar-refractivity contribution in [3.8, 4) is 0 Å². The minimum atomic E-state index is 0.777. The molecule has 3 rings (SSSR count). The Morgan fingerprint density at radius 1 is 1.28 bits per heavy atom. The van der Waals surface area contributed by atoms with Gasteiger partial charge in [-0.05, 0) is 24.3 Å². The molecule has 18 heavy (non-hydrogen) atoms. The molecule has 90 valence electrons. The Hall–Kier alpha value is -2.36. The predicted molar refractivity (Wildman–Crippen MR) is 72.3 cm³/mol. The monoisotopic (exact) mass is 238 g/mol. The zero-order valence-electron chi connectivity index (χ0n) is 10.2. The molecule has 0 aliphatic rings. The number of anilines is 1. The average molecular weight is 238 g/mol. The van der Waals surface area contributed by atoms with E-state index in [0.29, 0.717) is 0 Å². The molecule has 2 aromatic heterocycles. The van der Waals surface area contributed by atoms with Crippen LogP contribution in [0.1, 0.15) is 5.56 Å². The number of hydrogen-bond donors (Lipinski definition) is 1. The lowest BCUT2D eigenvalue weighted by atomic mass is 10.2. The number of hydrogen-bond acceptors (Lipinski definition) is 3. The Labute approximate surface area is 105 Å². The highest BCUT2D eigenvalue weighted by Crippen LogP contribution is 2.17. The fourth-order valence-electron chi connectivity index (χ4n) is 1.95. The van der Waals surface area contributed by atoms with Crippen LogP contribution < -0.4 is 5.32 Å². The maximum atomic E-state index is 4.30. The summed E-state index contributed by atoms with van der Waals surface area (Å²) >= 11 is 0. The topological polar surface area (TPSA) is 42.7 Å².